The fourth-order valence-electron chi connectivity index (χ4n) is 3.17. The van der Waals surface area contributed by atoms with Crippen molar-refractivity contribution in [1.82, 2.24) is 10.3 Å². The molecule has 1 fully saturated rings. The SMILES string of the molecule is COc1ccc(C(=O)Nc2nc3c(s2)CCC[C@H]3C(=O)NC2CC2)cc1. The number of thiazole rings is 1. The average molecular weight is 371 g/mol. The Morgan fingerprint density at radius 1 is 1.19 bits per heavy atom. The van der Waals surface area contributed by atoms with E-state index in [0.29, 0.717) is 22.5 Å². The van der Waals surface area contributed by atoms with Crippen LogP contribution in [0.5, 0.6) is 5.75 Å². The van der Waals surface area contributed by atoms with E-state index in [2.05, 4.69) is 15.6 Å². The van der Waals surface area contributed by atoms with E-state index in [-0.39, 0.29) is 17.7 Å². The third kappa shape index (κ3) is 3.58. The molecule has 0 spiro atoms. The molecule has 6 nitrogen and oxygen atoms in total. The van der Waals surface area contributed by atoms with Gasteiger partial charge in [0.25, 0.3) is 5.91 Å². The van der Waals surface area contributed by atoms with Gasteiger partial charge in [0.05, 0.1) is 18.7 Å². The minimum absolute atomic E-state index is 0.0757. The number of hydrogen-bond acceptors (Lipinski definition) is 5. The number of carbonyl (C=O) groups excluding carboxylic acids is 2. The number of anilines is 1. The third-order valence-corrected chi connectivity index (χ3v) is 5.81. The quantitative estimate of drug-likeness (QED) is 0.846. The number of fused-ring (bicyclic) bond motifs is 1. The van der Waals surface area contributed by atoms with Crippen LogP contribution < -0.4 is 15.4 Å². The van der Waals surface area contributed by atoms with E-state index >= 15 is 0 Å². The second-order valence-electron chi connectivity index (χ2n) is 6.74. The maximum atomic E-state index is 12.5. The van der Waals surface area contributed by atoms with Crippen LogP contribution in [-0.2, 0) is 11.2 Å². The monoisotopic (exact) mass is 371 g/mol. The van der Waals surface area contributed by atoms with Crippen LogP contribution in [0, 0.1) is 0 Å². The summed E-state index contributed by atoms with van der Waals surface area (Å²) >= 11 is 1.47. The minimum atomic E-state index is -0.210. The second-order valence-corrected chi connectivity index (χ2v) is 7.82. The lowest BCUT2D eigenvalue weighted by molar-refractivity contribution is -0.123. The maximum absolute atomic E-state index is 12.5. The highest BCUT2D eigenvalue weighted by atomic mass is 32.1. The van der Waals surface area contributed by atoms with E-state index in [1.54, 1.807) is 31.4 Å². The lowest BCUT2D eigenvalue weighted by atomic mass is 9.90. The van der Waals surface area contributed by atoms with Crippen molar-refractivity contribution in [3.05, 3.63) is 40.4 Å². The molecule has 2 amide bonds. The predicted molar refractivity (Wildman–Crippen MR) is 99.9 cm³/mol. The summed E-state index contributed by atoms with van der Waals surface area (Å²) in [5.74, 6) is 0.377. The lowest BCUT2D eigenvalue weighted by Gasteiger charge is -2.20. The molecule has 1 aromatic heterocycles. The Morgan fingerprint density at radius 3 is 2.65 bits per heavy atom. The molecule has 1 heterocycles. The molecule has 2 aliphatic rings. The van der Waals surface area contributed by atoms with Gasteiger partial charge in [-0.15, -0.1) is 11.3 Å². The van der Waals surface area contributed by atoms with Crippen LogP contribution in [0.4, 0.5) is 5.13 Å². The molecule has 1 saturated carbocycles. The number of benzene rings is 1. The molecule has 0 unspecified atom stereocenters. The van der Waals surface area contributed by atoms with Crippen molar-refractivity contribution in [3.8, 4) is 5.75 Å². The smallest absolute Gasteiger partial charge is 0.257 e. The summed E-state index contributed by atoms with van der Waals surface area (Å²) in [6.45, 7) is 0. The first-order valence-electron chi connectivity index (χ1n) is 8.89. The second kappa shape index (κ2) is 7.07. The van der Waals surface area contributed by atoms with E-state index < -0.39 is 0 Å². The first kappa shape index (κ1) is 17.0. The molecule has 2 aromatic rings. The molecule has 0 radical (unpaired) electrons. The Morgan fingerprint density at radius 2 is 1.96 bits per heavy atom. The van der Waals surface area contributed by atoms with Crippen LogP contribution in [-0.4, -0.2) is 29.9 Å². The summed E-state index contributed by atoms with van der Waals surface area (Å²) in [5, 5.41) is 6.50. The van der Waals surface area contributed by atoms with Crippen LogP contribution in [0.2, 0.25) is 0 Å². The molecule has 26 heavy (non-hydrogen) atoms. The van der Waals surface area contributed by atoms with Crippen molar-refractivity contribution < 1.29 is 14.3 Å². The van der Waals surface area contributed by atoms with Gasteiger partial charge in [0, 0.05) is 16.5 Å². The summed E-state index contributed by atoms with van der Waals surface area (Å²) in [7, 11) is 1.59. The van der Waals surface area contributed by atoms with Crippen molar-refractivity contribution in [2.24, 2.45) is 0 Å². The number of carbonyl (C=O) groups is 2. The van der Waals surface area contributed by atoms with Crippen LogP contribution in [0.1, 0.15) is 52.5 Å². The molecular formula is C19H21N3O3S. The number of hydrogen-bond donors (Lipinski definition) is 2. The van der Waals surface area contributed by atoms with Crippen molar-refractivity contribution >= 4 is 28.3 Å². The number of aryl methyl sites for hydroxylation is 1. The fraction of sp³-hybridized carbons (Fsp3) is 0.421. The number of amides is 2. The lowest BCUT2D eigenvalue weighted by Crippen LogP contribution is -2.32. The predicted octanol–water partition coefficient (Wildman–Crippen LogP) is 3.10. The largest absolute Gasteiger partial charge is 0.497 e. The van der Waals surface area contributed by atoms with E-state index in [1.807, 2.05) is 0 Å². The highest BCUT2D eigenvalue weighted by Gasteiger charge is 2.33. The Balaban J connectivity index is 1.48. The van der Waals surface area contributed by atoms with Crippen molar-refractivity contribution in [3.63, 3.8) is 0 Å². The highest BCUT2D eigenvalue weighted by Crippen LogP contribution is 2.37. The molecule has 1 atom stereocenters. The Labute approximate surface area is 156 Å². The number of nitrogens with one attached hydrogen (secondary N) is 2. The highest BCUT2D eigenvalue weighted by molar-refractivity contribution is 7.15. The normalized spacial score (nSPS) is 18.7. The summed E-state index contributed by atoms with van der Waals surface area (Å²) in [4.78, 5) is 30.6. The molecule has 136 valence electrons. The van der Waals surface area contributed by atoms with Crippen LogP contribution in [0.3, 0.4) is 0 Å². The third-order valence-electron chi connectivity index (χ3n) is 4.77. The summed E-state index contributed by atoms with van der Waals surface area (Å²) < 4.78 is 5.11. The van der Waals surface area contributed by atoms with Crippen molar-refractivity contribution in [1.29, 1.82) is 0 Å². The number of rotatable bonds is 5. The zero-order chi connectivity index (χ0) is 18.1. The van der Waals surface area contributed by atoms with Gasteiger partial charge in [-0.1, -0.05) is 0 Å². The van der Waals surface area contributed by atoms with E-state index in [0.717, 1.165) is 42.7 Å². The van der Waals surface area contributed by atoms with Crippen LogP contribution in [0.25, 0.3) is 0 Å². The molecule has 0 bridgehead atoms. The molecule has 0 saturated heterocycles. The van der Waals surface area contributed by atoms with Gasteiger partial charge in [-0.2, -0.15) is 0 Å². The first-order valence-corrected chi connectivity index (χ1v) is 9.71. The molecule has 2 N–H and O–H groups in total. The molecule has 4 rings (SSSR count). The molecule has 7 heteroatoms. The average Bonchev–Trinajstić information content (AvgIpc) is 3.37. The van der Waals surface area contributed by atoms with Crippen molar-refractivity contribution in [2.45, 2.75) is 44.1 Å². The van der Waals surface area contributed by atoms with Gasteiger partial charge in [-0.25, -0.2) is 4.98 Å². The standard InChI is InChI=1S/C19H21N3O3S/c1-25-13-9-5-11(6-10-13)17(23)22-19-21-16-14(3-2-4-15(16)26-19)18(24)20-12-7-8-12/h5-6,9-10,12,14H,2-4,7-8H2,1H3,(H,20,24)(H,21,22,23)/t14-/m1/s1. The first-order chi connectivity index (χ1) is 12.6. The summed E-state index contributed by atoms with van der Waals surface area (Å²) in [5.41, 5.74) is 1.38. The van der Waals surface area contributed by atoms with Gasteiger partial charge in [0.2, 0.25) is 5.91 Å². The zero-order valence-corrected chi connectivity index (χ0v) is 15.4. The van der Waals surface area contributed by atoms with Gasteiger partial charge >= 0.3 is 0 Å². The Kier molecular flexibility index (Phi) is 4.63. The number of methoxy groups -OCH3 is 1. The van der Waals surface area contributed by atoms with Gasteiger partial charge < -0.3 is 10.1 Å². The topological polar surface area (TPSA) is 80.3 Å². The van der Waals surface area contributed by atoms with Gasteiger partial charge in [0.15, 0.2) is 5.13 Å². The summed E-state index contributed by atoms with van der Waals surface area (Å²) in [6, 6.07) is 7.28. The number of ether oxygens (including phenoxy) is 1. The molecule has 2 aliphatic carbocycles. The fourth-order valence-corrected chi connectivity index (χ4v) is 4.23. The van der Waals surface area contributed by atoms with Crippen LogP contribution in [0.15, 0.2) is 24.3 Å². The van der Waals surface area contributed by atoms with Crippen molar-refractivity contribution in [2.75, 3.05) is 12.4 Å². The minimum Gasteiger partial charge on any atom is -0.497 e. The van der Waals surface area contributed by atoms with E-state index in [4.69, 9.17) is 4.74 Å². The van der Waals surface area contributed by atoms with Gasteiger partial charge in [0.1, 0.15) is 5.75 Å². The Hall–Kier alpha value is -2.41. The molecule has 0 aliphatic heterocycles. The summed E-state index contributed by atoms with van der Waals surface area (Å²) in [6.07, 6.45) is 4.86. The van der Waals surface area contributed by atoms with E-state index in [1.165, 1.54) is 11.3 Å². The zero-order valence-electron chi connectivity index (χ0n) is 14.6. The van der Waals surface area contributed by atoms with Crippen LogP contribution >= 0.6 is 11.3 Å². The number of nitrogens with zero attached hydrogens (tertiary/aromatic N) is 1. The number of aromatic nitrogens is 1. The van der Waals surface area contributed by atoms with Gasteiger partial charge in [-0.3, -0.25) is 14.9 Å². The molecule has 1 aromatic carbocycles. The van der Waals surface area contributed by atoms with E-state index in [9.17, 15) is 9.59 Å². The Bertz CT molecular complexity index is 827. The van der Waals surface area contributed by atoms with Gasteiger partial charge in [-0.05, 0) is 56.4 Å². The maximum Gasteiger partial charge on any atom is 0.257 e. The molecular weight excluding hydrogens is 350 g/mol.